The molecular weight excluding hydrogens is 1750 g/mol. The number of carbonyl (C=O) groups is 16. The van der Waals surface area contributed by atoms with Gasteiger partial charge >= 0.3 is 5.97 Å². The molecule has 15 amide bonds. The molecule has 3 fully saturated rings. The van der Waals surface area contributed by atoms with E-state index in [0.29, 0.717) is 63.5 Å². The number of fused-ring (bicyclic) bond motifs is 3. The van der Waals surface area contributed by atoms with Crippen LogP contribution < -0.4 is 59.3 Å². The van der Waals surface area contributed by atoms with Crippen LogP contribution in [-0.2, 0) is 114 Å². The summed E-state index contributed by atoms with van der Waals surface area (Å²) < 4.78 is 50.4. The Labute approximate surface area is 771 Å². The number of benzene rings is 5. The van der Waals surface area contributed by atoms with Crippen molar-refractivity contribution in [3.63, 3.8) is 0 Å². The quantitative estimate of drug-likeness (QED) is 0.0348. The minimum atomic E-state index is -1.95. The molecule has 6 aromatic rings. The van der Waals surface area contributed by atoms with E-state index in [4.69, 9.17) is 16.2 Å². The number of likely N-dealkylation sites (N-methyl/N-ethyl adjacent to an activating group) is 3. The normalized spacial score (nSPS) is 24.1. The van der Waals surface area contributed by atoms with Gasteiger partial charge < -0.3 is 109 Å². The number of aromatic nitrogens is 1. The number of phenols is 1. The van der Waals surface area contributed by atoms with Crippen LogP contribution in [0.15, 0.2) is 128 Å². The topological polar surface area (TPSA) is 535 Å². The van der Waals surface area contributed by atoms with Crippen molar-refractivity contribution >= 4 is 117 Å². The second-order valence-corrected chi connectivity index (χ2v) is 34.8. The lowest BCUT2D eigenvalue weighted by molar-refractivity contribution is -0.152. The Bertz CT molecular complexity index is 5120. The van der Waals surface area contributed by atoms with E-state index in [9.17, 15) is 53.3 Å². The SMILES string of the molecule is CCCC[C@H]1C(=O)N2CCC[C@@H]2C(=O)N[C@@H](CC(=O)O)C(=O)N[C@@H](C(C)C)C(=O)N(C)[C@@H](Cc2ccccc2)C(=O)N[C@@H](CCCN)C(=O)N2C[C@H](O)C[C@@H]2C(=O)N[C@@H](Cc2c[nH]c3ccccc23)C(=O)N[C@@H](Cc2ccc(O)cc2)C(=O)N[C@@H](CCOC)C(=O)N[C@H](C(=O)NCC(N)=O)CSCC(=O)N[C@@H](Cc2cc(F)c(F)c(F)c2)C(=O)N(C)[C@@H](Cc2ccccc2)C(=O)N1C. The molecule has 5 aromatic carbocycles. The third-order valence-electron chi connectivity index (χ3n) is 23.6. The van der Waals surface area contributed by atoms with Crippen molar-refractivity contribution in [3.05, 3.63) is 173 Å². The van der Waals surface area contributed by atoms with Gasteiger partial charge in [0.25, 0.3) is 0 Å². The molecule has 3 aliphatic heterocycles. The highest BCUT2D eigenvalue weighted by Crippen LogP contribution is 2.29. The number of aliphatic hydroxyl groups is 1. The first kappa shape index (κ1) is 104. The number of thioether (sulfide) groups is 1. The van der Waals surface area contributed by atoms with E-state index in [2.05, 4.69) is 52.8 Å². The van der Waals surface area contributed by atoms with Gasteiger partial charge in [-0.25, -0.2) is 13.2 Å². The number of halogens is 3. The average molecular weight is 1870 g/mol. The highest BCUT2D eigenvalue weighted by atomic mass is 32.2. The maximum atomic E-state index is 15.7. The summed E-state index contributed by atoms with van der Waals surface area (Å²) in [5.74, 6) is -24.1. The number of hydrogen-bond donors (Lipinski definition) is 15. The monoisotopic (exact) mass is 1870 g/mol. The molecule has 4 heterocycles. The molecule has 41 heteroatoms. The summed E-state index contributed by atoms with van der Waals surface area (Å²) in [6, 6.07) is 8.80. The predicted molar refractivity (Wildman–Crippen MR) is 481 cm³/mol. The molecule has 17 N–H and O–H groups in total. The number of carboxylic acids is 1. The molecule has 37 nitrogen and oxygen atoms in total. The summed E-state index contributed by atoms with van der Waals surface area (Å²) in [7, 11) is 5.01. The summed E-state index contributed by atoms with van der Waals surface area (Å²) in [6.45, 7) is 3.22. The van der Waals surface area contributed by atoms with Gasteiger partial charge in [-0.2, -0.15) is 0 Å². The summed E-state index contributed by atoms with van der Waals surface area (Å²) in [5.41, 5.74) is 13.5. The first-order valence-electron chi connectivity index (χ1n) is 44.0. The second kappa shape index (κ2) is 49.5. The number of aromatic hydroxyl groups is 1. The number of phenolic OH excluding ortho intramolecular Hbond substituents is 1. The number of primary amides is 1. The number of nitrogens with one attached hydrogen (secondary N) is 10. The molecule has 718 valence electrons. The number of aliphatic hydroxyl groups excluding tert-OH is 1. The molecule has 0 unspecified atom stereocenters. The number of nitrogens with zero attached hydrogens (tertiary/aromatic N) is 5. The number of methoxy groups -OCH3 is 1. The van der Waals surface area contributed by atoms with Gasteiger partial charge in [0.1, 0.15) is 84.3 Å². The molecule has 3 aliphatic rings. The molecule has 0 aliphatic carbocycles. The maximum Gasteiger partial charge on any atom is 0.305 e. The summed E-state index contributed by atoms with van der Waals surface area (Å²) in [5, 5.41) is 56.2. The Balaban J connectivity index is 1.13. The lowest BCUT2D eigenvalue weighted by atomic mass is 9.98. The van der Waals surface area contributed by atoms with E-state index in [-0.39, 0.29) is 102 Å². The number of carboxylic acid groups (broad SMARTS) is 1. The minimum absolute atomic E-state index is 0.0324. The Morgan fingerprint density at radius 1 is 0.564 bits per heavy atom. The summed E-state index contributed by atoms with van der Waals surface area (Å²) in [4.78, 5) is 246. The molecule has 0 spiro atoms. The number of unbranched alkanes of at least 4 members (excludes halogenated alkanes) is 1. The number of aromatic amines is 1. The Kier molecular flexibility index (Phi) is 38.6. The van der Waals surface area contributed by atoms with Crippen LogP contribution in [0.4, 0.5) is 13.2 Å². The van der Waals surface area contributed by atoms with Crippen LogP contribution in [0.2, 0.25) is 0 Å². The molecular formula is C92H118F3N17O20S. The molecule has 0 bridgehead atoms. The highest BCUT2D eigenvalue weighted by Gasteiger charge is 2.47. The fraction of sp³-hybridized carbons (Fsp3) is 0.478. The van der Waals surface area contributed by atoms with Gasteiger partial charge in [0.15, 0.2) is 17.5 Å². The van der Waals surface area contributed by atoms with Crippen molar-refractivity contribution in [2.75, 3.05) is 72.5 Å². The first-order chi connectivity index (χ1) is 63.4. The van der Waals surface area contributed by atoms with E-state index < -0.39 is 246 Å². The molecule has 0 saturated carbocycles. The number of carbonyl (C=O) groups excluding carboxylic acids is 15. The fourth-order valence-electron chi connectivity index (χ4n) is 16.3. The van der Waals surface area contributed by atoms with E-state index in [0.717, 1.165) is 19.6 Å². The molecule has 3 saturated heterocycles. The van der Waals surface area contributed by atoms with Crippen molar-refractivity contribution in [3.8, 4) is 5.75 Å². The number of H-pyrrole nitrogens is 1. The number of ether oxygens (including phenoxy) is 1. The van der Waals surface area contributed by atoms with Crippen LogP contribution in [0.25, 0.3) is 10.9 Å². The zero-order valence-corrected chi connectivity index (χ0v) is 75.9. The lowest BCUT2D eigenvalue weighted by Gasteiger charge is -2.38. The summed E-state index contributed by atoms with van der Waals surface area (Å²) >= 11 is 0.650. The zero-order valence-electron chi connectivity index (χ0n) is 75.1. The van der Waals surface area contributed by atoms with Crippen LogP contribution in [-0.4, -0.2) is 297 Å². The lowest BCUT2D eigenvalue weighted by Crippen LogP contribution is -2.62. The van der Waals surface area contributed by atoms with Crippen molar-refractivity contribution in [2.24, 2.45) is 17.4 Å². The van der Waals surface area contributed by atoms with Gasteiger partial charge in [0.05, 0.1) is 24.8 Å². The van der Waals surface area contributed by atoms with E-state index in [1.54, 1.807) is 112 Å². The number of rotatable bonds is 25. The van der Waals surface area contributed by atoms with E-state index in [1.807, 2.05) is 0 Å². The second-order valence-electron chi connectivity index (χ2n) is 33.7. The van der Waals surface area contributed by atoms with E-state index >= 15 is 51.9 Å². The van der Waals surface area contributed by atoms with Crippen LogP contribution in [0.1, 0.15) is 113 Å². The van der Waals surface area contributed by atoms with Crippen molar-refractivity contribution in [2.45, 2.75) is 202 Å². The van der Waals surface area contributed by atoms with Gasteiger partial charge in [-0.1, -0.05) is 125 Å². The van der Waals surface area contributed by atoms with Crippen molar-refractivity contribution in [1.82, 2.24) is 77.3 Å². The Hall–Kier alpha value is -13.0. The van der Waals surface area contributed by atoms with Gasteiger partial charge in [0, 0.05) is 109 Å². The largest absolute Gasteiger partial charge is 0.508 e. The minimum Gasteiger partial charge on any atom is -0.508 e. The number of aliphatic carboxylic acids is 1. The zero-order chi connectivity index (χ0) is 97.0. The number of amides is 15. The molecule has 9 rings (SSSR count). The first-order valence-corrected chi connectivity index (χ1v) is 45.2. The Morgan fingerprint density at radius 3 is 1.74 bits per heavy atom. The van der Waals surface area contributed by atoms with E-state index in [1.165, 1.54) is 57.4 Å². The van der Waals surface area contributed by atoms with Crippen LogP contribution >= 0.6 is 11.8 Å². The number of para-hydroxylation sites is 1. The van der Waals surface area contributed by atoms with Crippen LogP contribution in [0.5, 0.6) is 5.75 Å². The standard InChI is InChI=1S/C92H118F3N17O20S/c1-8-9-27-71-91(130)111-35-19-28-70(111)85(124)105-67(45-77(117)118)84(123)107-79(51(2)3)92(131)109(5)72(41-52-20-12-10-13-21-52)86(125)102-64(26-18-34-96)89(128)112-48-58(114)44-73(112)87(126)104-66(43-56-46-98-62-25-17-16-24-59(56)62)83(122)103-65(39-54-29-31-57(113)32-30-54)82(121)101-63(33-36-132-7)81(120)106-69(80(119)99-47-75(97)115)49-133-50-76(116)100-68(40-55-37-60(93)78(95)61(94)38-55)88(127)110(6)74(90(129)108(71)4)42-53-22-14-11-15-23-53/h10-17,20-25,29-32,37-38,46,51,58,63-74,79,98,113-114H,8-9,18-19,26-28,33-36,39-45,47-50,96H2,1-7H3,(H2,97,115)(H,99,119)(H,100,116)(H,101,121)(H,102,125)(H,103,122)(H,104,126)(H,105,124)(H,106,120)(H,107,123)(H,117,118)/t58-,63+,64+,65+,66+,67+,68+,69+,70-,71+,72+,73-,74+,79+/m1/s1. The van der Waals surface area contributed by atoms with Gasteiger partial charge in [-0.3, -0.25) is 76.7 Å². The smallest absolute Gasteiger partial charge is 0.305 e. The molecule has 133 heavy (non-hydrogen) atoms. The fourth-order valence-corrected chi connectivity index (χ4v) is 17.2. The average Bonchev–Trinajstić information content (AvgIpc) is 1.64. The number of hydrogen-bond acceptors (Lipinski definition) is 21. The van der Waals surface area contributed by atoms with Gasteiger partial charge in [-0.05, 0) is 109 Å². The maximum absolute atomic E-state index is 15.7. The van der Waals surface area contributed by atoms with Crippen molar-refractivity contribution in [1.29, 1.82) is 0 Å². The van der Waals surface area contributed by atoms with Gasteiger partial charge in [-0.15, -0.1) is 11.8 Å². The molecule has 14 atom stereocenters. The summed E-state index contributed by atoms with van der Waals surface area (Å²) in [6.07, 6.45) is -2.97. The van der Waals surface area contributed by atoms with Gasteiger partial charge in [0.2, 0.25) is 88.6 Å². The third-order valence-corrected chi connectivity index (χ3v) is 24.7. The van der Waals surface area contributed by atoms with Crippen LogP contribution in [0.3, 0.4) is 0 Å². The number of nitrogens with two attached hydrogens (primary N) is 2. The molecule has 0 radical (unpaired) electrons. The predicted octanol–water partition coefficient (Wildman–Crippen LogP) is 0.561. The van der Waals surface area contributed by atoms with Crippen molar-refractivity contribution < 1.29 is 110 Å². The highest BCUT2D eigenvalue weighted by molar-refractivity contribution is 8.00. The van der Waals surface area contributed by atoms with Crippen LogP contribution in [0, 0.1) is 23.4 Å². The third kappa shape index (κ3) is 28.7. The molecule has 1 aromatic heterocycles. The Morgan fingerprint density at radius 2 is 1.12 bits per heavy atom.